The van der Waals surface area contributed by atoms with Crippen molar-refractivity contribution in [3.05, 3.63) is 35.4 Å². The minimum Gasteiger partial charge on any atom is -0.462 e. The van der Waals surface area contributed by atoms with Crippen molar-refractivity contribution < 1.29 is 19.1 Å². The Kier molecular flexibility index (Phi) is 12.2. The third kappa shape index (κ3) is 10.2. The lowest BCUT2D eigenvalue weighted by Crippen LogP contribution is -2.15. The first-order chi connectivity index (χ1) is 13.1. The summed E-state index contributed by atoms with van der Waals surface area (Å²) in [4.78, 5) is 24.2. The van der Waals surface area contributed by atoms with Gasteiger partial charge in [-0.3, -0.25) is 0 Å². The molecule has 0 aliphatic rings. The maximum Gasteiger partial charge on any atom is 0.338 e. The molecule has 0 heterocycles. The minimum atomic E-state index is -0.342. The highest BCUT2D eigenvalue weighted by molar-refractivity contribution is 5.93. The zero-order valence-electron chi connectivity index (χ0n) is 17.3. The average Bonchev–Trinajstić information content (AvgIpc) is 2.67. The monoisotopic (exact) mass is 376 g/mol. The first kappa shape index (κ1) is 23.2. The second-order valence-electron chi connectivity index (χ2n) is 7.19. The third-order valence-corrected chi connectivity index (χ3v) is 4.61. The van der Waals surface area contributed by atoms with E-state index in [1.54, 1.807) is 24.3 Å². The van der Waals surface area contributed by atoms with Crippen LogP contribution in [0.5, 0.6) is 0 Å². The molecule has 0 saturated carbocycles. The number of benzene rings is 1. The predicted octanol–water partition coefficient (Wildman–Crippen LogP) is 6.33. The molecule has 4 heteroatoms. The van der Waals surface area contributed by atoms with Gasteiger partial charge in [0, 0.05) is 0 Å². The summed E-state index contributed by atoms with van der Waals surface area (Å²) in [6.45, 7) is 6.71. The van der Waals surface area contributed by atoms with Gasteiger partial charge in [-0.1, -0.05) is 58.8 Å². The van der Waals surface area contributed by atoms with E-state index in [-0.39, 0.29) is 18.0 Å². The minimum absolute atomic E-state index is 0.0916. The van der Waals surface area contributed by atoms with E-state index in [4.69, 9.17) is 9.47 Å². The maximum absolute atomic E-state index is 12.1. The lowest BCUT2D eigenvalue weighted by molar-refractivity contribution is 0.0318. The quantitative estimate of drug-likeness (QED) is 0.281. The van der Waals surface area contributed by atoms with Gasteiger partial charge in [0.05, 0.1) is 23.8 Å². The molecule has 1 unspecified atom stereocenters. The molecule has 0 saturated heterocycles. The molecule has 27 heavy (non-hydrogen) atoms. The van der Waals surface area contributed by atoms with Crippen LogP contribution in [0.25, 0.3) is 0 Å². The standard InChI is InChI=1S/C23H36O4/c1-4-6-8-9-10-12-18-26-22(24)20-14-16-21(17-15-20)23(25)27-19(3)13-11-7-5-2/h14-17,19H,4-13,18H2,1-3H3. The Morgan fingerprint density at radius 1 is 0.778 bits per heavy atom. The lowest BCUT2D eigenvalue weighted by atomic mass is 10.1. The van der Waals surface area contributed by atoms with Crippen molar-refractivity contribution in [2.24, 2.45) is 0 Å². The average molecular weight is 377 g/mol. The van der Waals surface area contributed by atoms with Crippen molar-refractivity contribution in [2.45, 2.75) is 91.1 Å². The molecule has 0 aliphatic heterocycles. The third-order valence-electron chi connectivity index (χ3n) is 4.61. The molecule has 0 fully saturated rings. The summed E-state index contributed by atoms with van der Waals surface area (Å²) in [5.41, 5.74) is 0.929. The Morgan fingerprint density at radius 3 is 1.93 bits per heavy atom. The zero-order chi connectivity index (χ0) is 19.9. The largest absolute Gasteiger partial charge is 0.462 e. The number of esters is 2. The van der Waals surface area contributed by atoms with E-state index >= 15 is 0 Å². The molecule has 152 valence electrons. The summed E-state index contributed by atoms with van der Waals surface area (Å²) in [5.74, 6) is -0.678. The molecule has 1 aromatic rings. The number of carbonyl (C=O) groups is 2. The fourth-order valence-corrected chi connectivity index (χ4v) is 2.86. The van der Waals surface area contributed by atoms with Gasteiger partial charge in [0.2, 0.25) is 0 Å². The molecule has 0 N–H and O–H groups in total. The van der Waals surface area contributed by atoms with Crippen LogP contribution in [0.2, 0.25) is 0 Å². The lowest BCUT2D eigenvalue weighted by Gasteiger charge is -2.13. The van der Waals surface area contributed by atoms with E-state index in [2.05, 4.69) is 13.8 Å². The fourth-order valence-electron chi connectivity index (χ4n) is 2.86. The summed E-state index contributed by atoms with van der Waals surface area (Å²) in [7, 11) is 0. The second kappa shape index (κ2) is 14.2. The van der Waals surface area contributed by atoms with Gasteiger partial charge in [-0.2, -0.15) is 0 Å². The highest BCUT2D eigenvalue weighted by Crippen LogP contribution is 2.12. The number of carbonyl (C=O) groups excluding carboxylic acids is 2. The van der Waals surface area contributed by atoms with Crippen LogP contribution in [-0.2, 0) is 9.47 Å². The summed E-state index contributed by atoms with van der Waals surface area (Å²) >= 11 is 0. The summed E-state index contributed by atoms with van der Waals surface area (Å²) in [5, 5.41) is 0. The molecule has 1 rings (SSSR count). The molecule has 0 aliphatic carbocycles. The summed E-state index contributed by atoms with van der Waals surface area (Å²) in [6, 6.07) is 6.51. The molecule has 0 amide bonds. The van der Waals surface area contributed by atoms with E-state index in [9.17, 15) is 9.59 Å². The predicted molar refractivity (Wildman–Crippen MR) is 109 cm³/mol. The normalized spacial score (nSPS) is 11.8. The Balaban J connectivity index is 2.33. The maximum atomic E-state index is 12.1. The van der Waals surface area contributed by atoms with Gasteiger partial charge in [0.1, 0.15) is 0 Å². The van der Waals surface area contributed by atoms with Crippen molar-refractivity contribution in [2.75, 3.05) is 6.61 Å². The van der Waals surface area contributed by atoms with Crippen LogP contribution in [-0.4, -0.2) is 24.6 Å². The van der Waals surface area contributed by atoms with Crippen LogP contribution >= 0.6 is 0 Å². The van der Waals surface area contributed by atoms with Crippen molar-refractivity contribution in [3.8, 4) is 0 Å². The first-order valence-corrected chi connectivity index (χ1v) is 10.6. The van der Waals surface area contributed by atoms with Crippen LogP contribution in [0.3, 0.4) is 0 Å². The highest BCUT2D eigenvalue weighted by atomic mass is 16.5. The van der Waals surface area contributed by atoms with Gasteiger partial charge >= 0.3 is 11.9 Å². The number of ether oxygens (including phenoxy) is 2. The van der Waals surface area contributed by atoms with Crippen molar-refractivity contribution >= 4 is 11.9 Å². The van der Waals surface area contributed by atoms with Gasteiger partial charge in [0.25, 0.3) is 0 Å². The first-order valence-electron chi connectivity index (χ1n) is 10.6. The number of rotatable bonds is 14. The SMILES string of the molecule is CCCCCCCCOC(=O)c1ccc(C(=O)OC(C)CCCCC)cc1. The summed E-state index contributed by atoms with van der Waals surface area (Å²) in [6.07, 6.45) is 11.1. The number of hydrogen-bond acceptors (Lipinski definition) is 4. The molecule has 0 radical (unpaired) electrons. The van der Waals surface area contributed by atoms with Crippen LogP contribution in [0, 0.1) is 0 Å². The molecule has 0 aromatic heterocycles. The second-order valence-corrected chi connectivity index (χ2v) is 7.19. The Hall–Kier alpha value is -1.84. The smallest absolute Gasteiger partial charge is 0.338 e. The highest BCUT2D eigenvalue weighted by Gasteiger charge is 2.13. The molecule has 4 nitrogen and oxygen atoms in total. The van der Waals surface area contributed by atoms with Gasteiger partial charge in [-0.15, -0.1) is 0 Å². The molecule has 0 spiro atoms. The van der Waals surface area contributed by atoms with Gasteiger partial charge in [0.15, 0.2) is 0 Å². The van der Waals surface area contributed by atoms with Crippen molar-refractivity contribution in [1.82, 2.24) is 0 Å². The van der Waals surface area contributed by atoms with Gasteiger partial charge < -0.3 is 9.47 Å². The van der Waals surface area contributed by atoms with Crippen LogP contribution < -0.4 is 0 Å². The van der Waals surface area contributed by atoms with Crippen molar-refractivity contribution in [3.63, 3.8) is 0 Å². The van der Waals surface area contributed by atoms with Gasteiger partial charge in [-0.25, -0.2) is 9.59 Å². The van der Waals surface area contributed by atoms with E-state index in [1.807, 2.05) is 6.92 Å². The van der Waals surface area contributed by atoms with Gasteiger partial charge in [-0.05, 0) is 50.5 Å². The molecule has 1 atom stereocenters. The topological polar surface area (TPSA) is 52.6 Å². The molecule has 1 aromatic carbocycles. The zero-order valence-corrected chi connectivity index (χ0v) is 17.3. The fraction of sp³-hybridized carbons (Fsp3) is 0.652. The van der Waals surface area contributed by atoms with E-state index < -0.39 is 0 Å². The van der Waals surface area contributed by atoms with E-state index in [0.717, 1.165) is 38.5 Å². The molecular formula is C23H36O4. The van der Waals surface area contributed by atoms with E-state index in [0.29, 0.717) is 17.7 Å². The molecule has 0 bridgehead atoms. The Bertz CT molecular complexity index is 536. The van der Waals surface area contributed by atoms with E-state index in [1.165, 1.54) is 25.7 Å². The number of hydrogen-bond donors (Lipinski definition) is 0. The Labute approximate surface area is 164 Å². The number of unbranched alkanes of at least 4 members (excludes halogenated alkanes) is 7. The Morgan fingerprint density at radius 2 is 1.30 bits per heavy atom. The van der Waals surface area contributed by atoms with Crippen LogP contribution in [0.4, 0.5) is 0 Å². The summed E-state index contributed by atoms with van der Waals surface area (Å²) < 4.78 is 10.7. The van der Waals surface area contributed by atoms with Crippen LogP contribution in [0.15, 0.2) is 24.3 Å². The van der Waals surface area contributed by atoms with Crippen LogP contribution in [0.1, 0.15) is 106 Å². The van der Waals surface area contributed by atoms with Crippen molar-refractivity contribution in [1.29, 1.82) is 0 Å². The molecular weight excluding hydrogens is 340 g/mol.